The minimum atomic E-state index is 0.404. The number of nitrogens with one attached hydrogen (secondary N) is 1. The molecule has 16 heavy (non-hydrogen) atoms. The molecule has 1 N–H and O–H groups in total. The molecule has 2 nitrogen and oxygen atoms in total. The Morgan fingerprint density at radius 1 is 1.38 bits per heavy atom. The van der Waals surface area contributed by atoms with Crippen LogP contribution in [0.5, 0.6) is 0 Å². The van der Waals surface area contributed by atoms with Gasteiger partial charge in [-0.1, -0.05) is 27.7 Å². The van der Waals surface area contributed by atoms with Crippen molar-refractivity contribution in [1.82, 2.24) is 5.32 Å². The van der Waals surface area contributed by atoms with Crippen LogP contribution in [-0.2, 0) is 4.74 Å². The second kappa shape index (κ2) is 6.61. The van der Waals surface area contributed by atoms with Crippen LogP contribution in [0, 0.1) is 11.3 Å². The van der Waals surface area contributed by atoms with Crippen LogP contribution in [0.15, 0.2) is 0 Å². The van der Waals surface area contributed by atoms with E-state index in [1.807, 2.05) is 0 Å². The van der Waals surface area contributed by atoms with Gasteiger partial charge < -0.3 is 10.1 Å². The first kappa shape index (κ1) is 14.0. The van der Waals surface area contributed by atoms with Gasteiger partial charge in [-0.3, -0.25) is 0 Å². The van der Waals surface area contributed by atoms with E-state index in [1.54, 1.807) is 0 Å². The van der Waals surface area contributed by atoms with Gasteiger partial charge in [-0.05, 0) is 43.6 Å². The van der Waals surface area contributed by atoms with Gasteiger partial charge in [0.25, 0.3) is 0 Å². The first-order valence-electron chi connectivity index (χ1n) is 6.82. The predicted octanol–water partition coefficient (Wildman–Crippen LogP) is 3.22. The highest BCUT2D eigenvalue weighted by Gasteiger charge is 2.22. The highest BCUT2D eigenvalue weighted by Crippen LogP contribution is 2.26. The van der Waals surface area contributed by atoms with Crippen LogP contribution in [0.1, 0.15) is 53.4 Å². The Hall–Kier alpha value is -0.0800. The topological polar surface area (TPSA) is 21.3 Å². The highest BCUT2D eigenvalue weighted by atomic mass is 16.5. The summed E-state index contributed by atoms with van der Waals surface area (Å²) in [6.45, 7) is 12.5. The van der Waals surface area contributed by atoms with E-state index in [4.69, 9.17) is 4.74 Å². The molecular weight excluding hydrogens is 198 g/mol. The van der Waals surface area contributed by atoms with Gasteiger partial charge in [-0.2, -0.15) is 0 Å². The molecule has 0 saturated carbocycles. The van der Waals surface area contributed by atoms with Crippen molar-refractivity contribution in [1.29, 1.82) is 0 Å². The molecule has 0 amide bonds. The second-order valence-corrected chi connectivity index (χ2v) is 6.36. The maximum atomic E-state index is 5.67. The first-order valence-corrected chi connectivity index (χ1v) is 6.82. The van der Waals surface area contributed by atoms with Crippen LogP contribution in [0.4, 0.5) is 0 Å². The summed E-state index contributed by atoms with van der Waals surface area (Å²) in [5.74, 6) is 0.744. The van der Waals surface area contributed by atoms with E-state index in [2.05, 4.69) is 33.0 Å². The Bertz CT molecular complexity index is 183. The van der Waals surface area contributed by atoms with Crippen molar-refractivity contribution in [3.05, 3.63) is 0 Å². The molecule has 1 unspecified atom stereocenters. The van der Waals surface area contributed by atoms with Gasteiger partial charge >= 0.3 is 0 Å². The molecule has 96 valence electrons. The van der Waals surface area contributed by atoms with E-state index >= 15 is 0 Å². The fourth-order valence-electron chi connectivity index (χ4n) is 2.21. The third kappa shape index (κ3) is 5.86. The smallest absolute Gasteiger partial charge is 0.0576 e. The molecule has 0 spiro atoms. The lowest BCUT2D eigenvalue weighted by Gasteiger charge is -2.26. The number of hydrogen-bond donors (Lipinski definition) is 1. The summed E-state index contributed by atoms with van der Waals surface area (Å²) >= 11 is 0. The van der Waals surface area contributed by atoms with E-state index in [9.17, 15) is 0 Å². The minimum absolute atomic E-state index is 0.404. The van der Waals surface area contributed by atoms with Crippen LogP contribution in [0.2, 0.25) is 0 Å². The highest BCUT2D eigenvalue weighted by molar-refractivity contribution is 4.75. The van der Waals surface area contributed by atoms with Crippen LogP contribution in [0.3, 0.4) is 0 Å². The average Bonchev–Trinajstić information content (AvgIpc) is 2.66. The maximum Gasteiger partial charge on any atom is 0.0576 e. The monoisotopic (exact) mass is 227 g/mol. The van der Waals surface area contributed by atoms with E-state index in [1.165, 1.54) is 25.7 Å². The second-order valence-electron chi connectivity index (χ2n) is 6.36. The third-order valence-electron chi connectivity index (χ3n) is 3.32. The van der Waals surface area contributed by atoms with Crippen LogP contribution in [-0.4, -0.2) is 25.8 Å². The van der Waals surface area contributed by atoms with Gasteiger partial charge in [-0.25, -0.2) is 0 Å². The summed E-state index contributed by atoms with van der Waals surface area (Å²) in [7, 11) is 0. The maximum absolute atomic E-state index is 5.67. The molecule has 1 aliphatic rings. The fraction of sp³-hybridized carbons (Fsp3) is 1.00. The van der Waals surface area contributed by atoms with Crippen molar-refractivity contribution in [2.45, 2.75) is 59.5 Å². The summed E-state index contributed by atoms with van der Waals surface area (Å²) < 4.78 is 5.67. The van der Waals surface area contributed by atoms with Crippen molar-refractivity contribution >= 4 is 0 Å². The summed E-state index contributed by atoms with van der Waals surface area (Å²) in [5.41, 5.74) is 0.404. The molecular formula is C14H29NO. The zero-order chi connectivity index (χ0) is 12.0. The lowest BCUT2D eigenvalue weighted by molar-refractivity contribution is 0.0914. The summed E-state index contributed by atoms with van der Waals surface area (Å²) in [4.78, 5) is 0. The largest absolute Gasteiger partial charge is 0.378 e. The molecule has 0 aliphatic carbocycles. The fourth-order valence-corrected chi connectivity index (χ4v) is 2.21. The summed E-state index contributed by atoms with van der Waals surface area (Å²) in [5, 5.41) is 3.56. The Kier molecular flexibility index (Phi) is 5.77. The van der Waals surface area contributed by atoms with E-state index in [0.29, 0.717) is 11.5 Å². The van der Waals surface area contributed by atoms with Crippen LogP contribution >= 0.6 is 0 Å². The summed E-state index contributed by atoms with van der Waals surface area (Å²) in [6.07, 6.45) is 5.58. The number of rotatable bonds is 7. The molecule has 0 radical (unpaired) electrons. The van der Waals surface area contributed by atoms with E-state index < -0.39 is 0 Å². The predicted molar refractivity (Wildman–Crippen MR) is 69.7 cm³/mol. The van der Waals surface area contributed by atoms with Crippen molar-refractivity contribution in [2.75, 3.05) is 19.7 Å². The molecule has 0 aromatic carbocycles. The molecule has 1 fully saturated rings. The van der Waals surface area contributed by atoms with Gasteiger partial charge in [0, 0.05) is 13.2 Å². The lowest BCUT2D eigenvalue weighted by Crippen LogP contribution is -2.32. The molecule has 1 aliphatic heterocycles. The van der Waals surface area contributed by atoms with E-state index in [-0.39, 0.29) is 0 Å². The molecule has 0 bridgehead atoms. The van der Waals surface area contributed by atoms with Crippen LogP contribution in [0.25, 0.3) is 0 Å². The number of ether oxygens (including phenoxy) is 1. The van der Waals surface area contributed by atoms with Gasteiger partial charge in [-0.15, -0.1) is 0 Å². The quantitative estimate of drug-likeness (QED) is 0.721. The van der Waals surface area contributed by atoms with Crippen molar-refractivity contribution in [3.63, 3.8) is 0 Å². The Morgan fingerprint density at radius 3 is 2.69 bits per heavy atom. The molecule has 0 aromatic heterocycles. The lowest BCUT2D eigenvalue weighted by atomic mass is 9.86. The molecule has 0 aromatic rings. The van der Waals surface area contributed by atoms with Crippen molar-refractivity contribution in [3.8, 4) is 0 Å². The SMILES string of the molecule is CC(C)CNCC(C)(C)CCC1CCCO1. The standard InChI is InChI=1S/C14H29NO/c1-12(2)10-15-11-14(3,4)8-7-13-6-5-9-16-13/h12-13,15H,5-11H2,1-4H3. The first-order chi connectivity index (χ1) is 7.49. The zero-order valence-electron chi connectivity index (χ0n) is 11.5. The van der Waals surface area contributed by atoms with Crippen molar-refractivity contribution in [2.24, 2.45) is 11.3 Å². The average molecular weight is 227 g/mol. The van der Waals surface area contributed by atoms with Crippen LogP contribution < -0.4 is 5.32 Å². The van der Waals surface area contributed by atoms with Gasteiger partial charge in [0.1, 0.15) is 0 Å². The molecule has 2 heteroatoms. The molecule has 1 atom stereocenters. The van der Waals surface area contributed by atoms with Gasteiger partial charge in [0.05, 0.1) is 6.10 Å². The summed E-state index contributed by atoms with van der Waals surface area (Å²) in [6, 6.07) is 0. The number of hydrogen-bond acceptors (Lipinski definition) is 2. The molecule has 1 saturated heterocycles. The van der Waals surface area contributed by atoms with Crippen molar-refractivity contribution < 1.29 is 4.74 Å². The van der Waals surface area contributed by atoms with E-state index in [0.717, 1.165) is 25.6 Å². The van der Waals surface area contributed by atoms with Gasteiger partial charge in [0.2, 0.25) is 0 Å². The Labute approximate surface area is 101 Å². The van der Waals surface area contributed by atoms with Gasteiger partial charge in [0.15, 0.2) is 0 Å². The normalized spacial score (nSPS) is 21.9. The molecule has 1 heterocycles. The minimum Gasteiger partial charge on any atom is -0.378 e. The Morgan fingerprint density at radius 2 is 2.12 bits per heavy atom. The third-order valence-corrected chi connectivity index (χ3v) is 3.32. The Balaban J connectivity index is 2.12. The molecule has 1 rings (SSSR count). The zero-order valence-corrected chi connectivity index (χ0v) is 11.5.